The van der Waals surface area contributed by atoms with E-state index in [9.17, 15) is 4.79 Å². The minimum atomic E-state index is -0.365. The lowest BCUT2D eigenvalue weighted by atomic mass is 10.2. The van der Waals surface area contributed by atoms with Crippen LogP contribution in [0.3, 0.4) is 0 Å². The van der Waals surface area contributed by atoms with Crippen LogP contribution in [-0.2, 0) is 16.0 Å². The molecular formula is C13H17NO2. The first-order chi connectivity index (χ1) is 7.72. The summed E-state index contributed by atoms with van der Waals surface area (Å²) in [5.74, 6) is -0.365. The Bertz CT molecular complexity index is 357. The zero-order chi connectivity index (χ0) is 11.8. The van der Waals surface area contributed by atoms with Gasteiger partial charge in [-0.15, -0.1) is 0 Å². The smallest absolute Gasteiger partial charge is 0.332 e. The van der Waals surface area contributed by atoms with Crippen LogP contribution in [0.2, 0.25) is 0 Å². The lowest BCUT2D eigenvalue weighted by molar-refractivity contribution is -0.137. The molecule has 0 aliphatic rings. The van der Waals surface area contributed by atoms with Gasteiger partial charge in [0, 0.05) is 18.2 Å². The second kappa shape index (κ2) is 6.67. The maximum atomic E-state index is 11.2. The summed E-state index contributed by atoms with van der Waals surface area (Å²) in [6.45, 7) is 2.28. The number of ether oxygens (including phenoxy) is 1. The average Bonchev–Trinajstić information content (AvgIpc) is 2.30. The minimum Gasteiger partial charge on any atom is -0.462 e. The number of allylic oxidation sites excluding steroid dienone is 1. The molecule has 0 saturated heterocycles. The van der Waals surface area contributed by atoms with Gasteiger partial charge in [-0.05, 0) is 12.0 Å². The number of benzene rings is 1. The van der Waals surface area contributed by atoms with Gasteiger partial charge >= 0.3 is 5.97 Å². The molecule has 0 aromatic heterocycles. The van der Waals surface area contributed by atoms with Crippen LogP contribution in [-0.4, -0.2) is 12.6 Å². The van der Waals surface area contributed by atoms with Crippen LogP contribution >= 0.6 is 0 Å². The summed E-state index contributed by atoms with van der Waals surface area (Å²) in [7, 11) is 0. The number of rotatable bonds is 5. The highest BCUT2D eigenvalue weighted by Gasteiger charge is 1.99. The van der Waals surface area contributed by atoms with Gasteiger partial charge < -0.3 is 10.5 Å². The topological polar surface area (TPSA) is 52.3 Å². The fraction of sp³-hybridized carbons (Fsp3) is 0.308. The molecule has 1 aromatic carbocycles. The summed E-state index contributed by atoms with van der Waals surface area (Å²) in [6.07, 6.45) is 2.73. The molecule has 0 heterocycles. The van der Waals surface area contributed by atoms with Crippen molar-refractivity contribution in [2.24, 2.45) is 5.73 Å². The van der Waals surface area contributed by atoms with E-state index in [4.69, 9.17) is 10.5 Å². The maximum Gasteiger partial charge on any atom is 0.332 e. The van der Waals surface area contributed by atoms with E-state index in [1.807, 2.05) is 37.3 Å². The molecule has 86 valence electrons. The molecule has 0 spiro atoms. The molecule has 16 heavy (non-hydrogen) atoms. The Morgan fingerprint density at radius 2 is 2.06 bits per heavy atom. The Morgan fingerprint density at radius 3 is 2.69 bits per heavy atom. The highest BCUT2D eigenvalue weighted by atomic mass is 16.5. The highest BCUT2D eigenvalue weighted by Crippen LogP contribution is 2.00. The lowest BCUT2D eigenvalue weighted by Gasteiger charge is -2.02. The zero-order valence-corrected chi connectivity index (χ0v) is 9.48. The Hall–Kier alpha value is -1.77. The first-order valence-electron chi connectivity index (χ1n) is 5.39. The zero-order valence-electron chi connectivity index (χ0n) is 9.48. The van der Waals surface area contributed by atoms with Crippen molar-refractivity contribution in [2.75, 3.05) is 6.61 Å². The van der Waals surface area contributed by atoms with Gasteiger partial charge in [-0.2, -0.15) is 0 Å². The Kier molecular flexibility index (Phi) is 5.12. The van der Waals surface area contributed by atoms with Gasteiger partial charge in [-0.3, -0.25) is 0 Å². The van der Waals surface area contributed by atoms with Crippen molar-refractivity contribution in [3.05, 3.63) is 47.7 Å². The Balaban J connectivity index is 2.29. The molecule has 0 radical (unpaired) electrons. The van der Waals surface area contributed by atoms with Crippen molar-refractivity contribution in [1.29, 1.82) is 0 Å². The van der Waals surface area contributed by atoms with Crippen molar-refractivity contribution in [1.82, 2.24) is 0 Å². The van der Waals surface area contributed by atoms with E-state index in [0.29, 0.717) is 18.7 Å². The van der Waals surface area contributed by atoms with Crippen molar-refractivity contribution >= 4 is 5.97 Å². The number of hydrogen-bond acceptors (Lipinski definition) is 3. The molecular weight excluding hydrogens is 202 g/mol. The monoisotopic (exact) mass is 219 g/mol. The standard InChI is InChI=1S/C13H17NO2/c1-2-12(14)10-13(15)16-9-8-11-6-4-3-5-7-11/h3-7,10H,2,8-9,14H2,1H3. The number of carbonyl (C=O) groups excluding carboxylic acids is 1. The predicted molar refractivity (Wildman–Crippen MR) is 63.7 cm³/mol. The molecule has 1 rings (SSSR count). The molecule has 3 nitrogen and oxygen atoms in total. The second-order valence-electron chi connectivity index (χ2n) is 3.48. The number of hydrogen-bond donors (Lipinski definition) is 1. The van der Waals surface area contributed by atoms with Gasteiger partial charge in [0.05, 0.1) is 6.61 Å². The van der Waals surface area contributed by atoms with E-state index in [2.05, 4.69) is 0 Å². The van der Waals surface area contributed by atoms with Crippen LogP contribution in [0.5, 0.6) is 0 Å². The van der Waals surface area contributed by atoms with E-state index >= 15 is 0 Å². The molecule has 2 N–H and O–H groups in total. The van der Waals surface area contributed by atoms with Crippen LogP contribution in [0.25, 0.3) is 0 Å². The van der Waals surface area contributed by atoms with E-state index in [0.717, 1.165) is 12.0 Å². The van der Waals surface area contributed by atoms with Crippen molar-refractivity contribution < 1.29 is 9.53 Å². The van der Waals surface area contributed by atoms with Crippen molar-refractivity contribution in [3.8, 4) is 0 Å². The van der Waals surface area contributed by atoms with E-state index < -0.39 is 0 Å². The summed E-state index contributed by atoms with van der Waals surface area (Å²) in [6, 6.07) is 9.90. The quantitative estimate of drug-likeness (QED) is 0.609. The number of nitrogens with two attached hydrogens (primary N) is 1. The highest BCUT2D eigenvalue weighted by molar-refractivity contribution is 5.82. The third kappa shape index (κ3) is 4.64. The largest absolute Gasteiger partial charge is 0.462 e. The Morgan fingerprint density at radius 1 is 1.38 bits per heavy atom. The summed E-state index contributed by atoms with van der Waals surface area (Å²) in [5, 5.41) is 0. The van der Waals surface area contributed by atoms with Gasteiger partial charge in [0.15, 0.2) is 0 Å². The minimum absolute atomic E-state index is 0.365. The molecule has 3 heteroatoms. The molecule has 0 aliphatic carbocycles. The average molecular weight is 219 g/mol. The number of esters is 1. The van der Waals surface area contributed by atoms with Crippen LogP contribution in [0, 0.1) is 0 Å². The lowest BCUT2D eigenvalue weighted by Crippen LogP contribution is -2.08. The van der Waals surface area contributed by atoms with E-state index in [1.165, 1.54) is 6.08 Å². The summed E-state index contributed by atoms with van der Waals surface area (Å²) < 4.78 is 5.02. The normalized spacial score (nSPS) is 11.2. The molecule has 0 atom stereocenters. The SMILES string of the molecule is CCC(N)=CC(=O)OCCc1ccccc1. The molecule has 0 amide bonds. The van der Waals surface area contributed by atoms with E-state index in [1.54, 1.807) is 0 Å². The third-order valence-corrected chi connectivity index (χ3v) is 2.19. The molecule has 0 aliphatic heterocycles. The Labute approximate surface area is 95.9 Å². The van der Waals surface area contributed by atoms with Gasteiger partial charge in [-0.1, -0.05) is 37.3 Å². The second-order valence-corrected chi connectivity index (χ2v) is 3.48. The van der Waals surface area contributed by atoms with Gasteiger partial charge in [0.1, 0.15) is 0 Å². The van der Waals surface area contributed by atoms with Crippen molar-refractivity contribution in [2.45, 2.75) is 19.8 Å². The summed E-state index contributed by atoms with van der Waals surface area (Å²) in [4.78, 5) is 11.2. The van der Waals surface area contributed by atoms with Crippen molar-refractivity contribution in [3.63, 3.8) is 0 Å². The van der Waals surface area contributed by atoms with Crippen LogP contribution in [0.1, 0.15) is 18.9 Å². The fourth-order valence-electron chi connectivity index (χ4n) is 1.21. The summed E-state index contributed by atoms with van der Waals surface area (Å²) >= 11 is 0. The van der Waals surface area contributed by atoms with Gasteiger partial charge in [-0.25, -0.2) is 4.79 Å². The maximum absolute atomic E-state index is 11.2. The third-order valence-electron chi connectivity index (χ3n) is 2.19. The first-order valence-corrected chi connectivity index (χ1v) is 5.39. The molecule has 1 aromatic rings. The number of carbonyl (C=O) groups is 1. The first kappa shape index (κ1) is 12.3. The van der Waals surface area contributed by atoms with Gasteiger partial charge in [0.2, 0.25) is 0 Å². The predicted octanol–water partition coefficient (Wildman–Crippen LogP) is 2.02. The van der Waals surface area contributed by atoms with E-state index in [-0.39, 0.29) is 5.97 Å². The van der Waals surface area contributed by atoms with Gasteiger partial charge in [0.25, 0.3) is 0 Å². The molecule has 0 unspecified atom stereocenters. The van der Waals surface area contributed by atoms with Crippen LogP contribution < -0.4 is 5.73 Å². The molecule has 0 fully saturated rings. The molecule has 0 saturated carbocycles. The molecule has 0 bridgehead atoms. The van der Waals surface area contributed by atoms with Crippen LogP contribution in [0.4, 0.5) is 0 Å². The summed E-state index contributed by atoms with van der Waals surface area (Å²) in [5.41, 5.74) is 7.22. The fourth-order valence-corrected chi connectivity index (χ4v) is 1.21. The van der Waals surface area contributed by atoms with Crippen LogP contribution in [0.15, 0.2) is 42.1 Å².